The molecule has 0 radical (unpaired) electrons. The lowest BCUT2D eigenvalue weighted by Crippen LogP contribution is -2.42. The van der Waals surface area contributed by atoms with Crippen LogP contribution in [-0.2, 0) is 10.0 Å². The van der Waals surface area contributed by atoms with Crippen molar-refractivity contribution in [2.75, 3.05) is 25.0 Å². The van der Waals surface area contributed by atoms with Crippen molar-refractivity contribution in [3.63, 3.8) is 0 Å². The van der Waals surface area contributed by atoms with Crippen molar-refractivity contribution in [2.45, 2.75) is 32.1 Å². The standard InChI is InChI=1S/C22H28N2O4S/c1-4-28-20-7-5-6-19(13-20)23-22(25)18-8-10-21(11-9-18)29(26,27)24-14-16(2)12-17(3)15-24/h5-11,13,16-17H,4,12,14-15H2,1-3H3,(H,23,25)/t16-,17-/m1/s1. The van der Waals surface area contributed by atoms with E-state index < -0.39 is 10.0 Å². The number of anilines is 1. The highest BCUT2D eigenvalue weighted by Gasteiger charge is 2.31. The van der Waals surface area contributed by atoms with Gasteiger partial charge in [0.05, 0.1) is 11.5 Å². The summed E-state index contributed by atoms with van der Waals surface area (Å²) >= 11 is 0. The second-order valence-corrected chi connectivity index (χ2v) is 9.65. The zero-order valence-corrected chi connectivity index (χ0v) is 17.9. The van der Waals surface area contributed by atoms with Crippen LogP contribution in [0.5, 0.6) is 5.75 Å². The number of sulfonamides is 1. The van der Waals surface area contributed by atoms with Crippen molar-refractivity contribution in [1.29, 1.82) is 0 Å². The molecule has 2 atom stereocenters. The highest BCUT2D eigenvalue weighted by Crippen LogP contribution is 2.27. The Bertz CT molecular complexity index is 947. The van der Waals surface area contributed by atoms with Crippen LogP contribution in [0.3, 0.4) is 0 Å². The molecule has 7 heteroatoms. The predicted octanol–water partition coefficient (Wildman–Crippen LogP) is 4.00. The van der Waals surface area contributed by atoms with E-state index in [4.69, 9.17) is 4.74 Å². The molecule has 1 saturated heterocycles. The summed E-state index contributed by atoms with van der Waals surface area (Å²) in [5.74, 6) is 1.05. The van der Waals surface area contributed by atoms with Crippen LogP contribution in [0.4, 0.5) is 5.69 Å². The number of amides is 1. The summed E-state index contributed by atoms with van der Waals surface area (Å²) in [6.45, 7) is 7.66. The van der Waals surface area contributed by atoms with Gasteiger partial charge < -0.3 is 10.1 Å². The molecule has 1 aliphatic rings. The molecular weight excluding hydrogens is 388 g/mol. The molecule has 1 N–H and O–H groups in total. The average molecular weight is 417 g/mol. The lowest BCUT2D eigenvalue weighted by atomic mass is 9.94. The fraction of sp³-hybridized carbons (Fsp3) is 0.409. The third kappa shape index (κ3) is 5.16. The van der Waals surface area contributed by atoms with Gasteiger partial charge in [0.25, 0.3) is 5.91 Å². The van der Waals surface area contributed by atoms with Crippen molar-refractivity contribution in [2.24, 2.45) is 11.8 Å². The molecule has 1 fully saturated rings. The lowest BCUT2D eigenvalue weighted by molar-refractivity contribution is 0.102. The summed E-state index contributed by atoms with van der Waals surface area (Å²) in [6.07, 6.45) is 1.04. The Morgan fingerprint density at radius 2 is 1.76 bits per heavy atom. The third-order valence-electron chi connectivity index (χ3n) is 4.99. The molecule has 29 heavy (non-hydrogen) atoms. The Morgan fingerprint density at radius 1 is 1.10 bits per heavy atom. The number of hydrogen-bond donors (Lipinski definition) is 1. The normalized spacial score (nSPS) is 20.2. The van der Waals surface area contributed by atoms with Crippen LogP contribution in [0, 0.1) is 11.8 Å². The number of rotatable bonds is 6. The van der Waals surface area contributed by atoms with Crippen molar-refractivity contribution in [3.8, 4) is 5.75 Å². The second-order valence-electron chi connectivity index (χ2n) is 7.71. The molecule has 1 amide bonds. The topological polar surface area (TPSA) is 75.7 Å². The highest BCUT2D eigenvalue weighted by molar-refractivity contribution is 7.89. The van der Waals surface area contributed by atoms with Gasteiger partial charge in [-0.1, -0.05) is 19.9 Å². The van der Waals surface area contributed by atoms with Crippen molar-refractivity contribution >= 4 is 21.6 Å². The molecule has 0 unspecified atom stereocenters. The fourth-order valence-electron chi connectivity index (χ4n) is 3.76. The van der Waals surface area contributed by atoms with Gasteiger partial charge in [-0.25, -0.2) is 8.42 Å². The number of carbonyl (C=O) groups excluding carboxylic acids is 1. The van der Waals surface area contributed by atoms with E-state index in [1.54, 1.807) is 34.6 Å². The Balaban J connectivity index is 1.72. The maximum absolute atomic E-state index is 13.0. The van der Waals surface area contributed by atoms with Gasteiger partial charge >= 0.3 is 0 Å². The lowest BCUT2D eigenvalue weighted by Gasteiger charge is -2.34. The maximum Gasteiger partial charge on any atom is 0.255 e. The minimum absolute atomic E-state index is 0.216. The summed E-state index contributed by atoms with van der Waals surface area (Å²) in [4.78, 5) is 12.7. The second kappa shape index (κ2) is 8.97. The van der Waals surface area contributed by atoms with Crippen LogP contribution in [0.25, 0.3) is 0 Å². The van der Waals surface area contributed by atoms with Crippen LogP contribution >= 0.6 is 0 Å². The van der Waals surface area contributed by atoms with Crippen molar-refractivity contribution in [1.82, 2.24) is 4.31 Å². The Kier molecular flexibility index (Phi) is 6.59. The largest absolute Gasteiger partial charge is 0.494 e. The molecule has 0 aliphatic carbocycles. The summed E-state index contributed by atoms with van der Waals surface area (Å²) < 4.78 is 32.9. The first-order valence-corrected chi connectivity index (χ1v) is 11.4. The number of carbonyl (C=O) groups is 1. The van der Waals surface area contributed by atoms with Crippen LogP contribution in [-0.4, -0.2) is 38.3 Å². The number of ether oxygens (including phenoxy) is 1. The Hall–Kier alpha value is -2.38. The fourth-order valence-corrected chi connectivity index (χ4v) is 5.44. The van der Waals surface area contributed by atoms with E-state index in [2.05, 4.69) is 19.2 Å². The molecule has 6 nitrogen and oxygen atoms in total. The molecule has 0 aromatic heterocycles. The first-order valence-electron chi connectivity index (χ1n) is 9.94. The number of piperidine rings is 1. The SMILES string of the molecule is CCOc1cccc(NC(=O)c2ccc(S(=O)(=O)N3C[C@H](C)C[C@@H](C)C3)cc2)c1. The summed E-state index contributed by atoms with van der Waals surface area (Å²) in [6, 6.07) is 13.3. The average Bonchev–Trinajstić information content (AvgIpc) is 2.68. The van der Waals surface area contributed by atoms with Crippen LogP contribution in [0.15, 0.2) is 53.4 Å². The number of nitrogens with one attached hydrogen (secondary N) is 1. The predicted molar refractivity (Wildman–Crippen MR) is 114 cm³/mol. The Labute approximate surface area is 172 Å². The van der Waals surface area contributed by atoms with Gasteiger partial charge in [-0.2, -0.15) is 4.31 Å². The van der Waals surface area contributed by atoms with Gasteiger partial charge in [-0.15, -0.1) is 0 Å². The van der Waals surface area contributed by atoms with E-state index in [0.717, 1.165) is 6.42 Å². The molecule has 1 heterocycles. The first-order chi connectivity index (χ1) is 13.8. The van der Waals surface area contributed by atoms with Gasteiger partial charge in [0.2, 0.25) is 10.0 Å². The van der Waals surface area contributed by atoms with E-state index >= 15 is 0 Å². The zero-order chi connectivity index (χ0) is 21.0. The molecule has 156 valence electrons. The molecule has 0 saturated carbocycles. The van der Waals surface area contributed by atoms with E-state index in [1.165, 1.54) is 12.1 Å². The first kappa shape index (κ1) is 21.3. The van der Waals surface area contributed by atoms with E-state index in [1.807, 2.05) is 13.0 Å². The Morgan fingerprint density at radius 3 is 2.38 bits per heavy atom. The minimum atomic E-state index is -3.56. The molecule has 1 aliphatic heterocycles. The molecule has 2 aromatic carbocycles. The summed E-state index contributed by atoms with van der Waals surface area (Å²) in [7, 11) is -3.56. The minimum Gasteiger partial charge on any atom is -0.494 e. The quantitative estimate of drug-likeness (QED) is 0.772. The molecule has 0 bridgehead atoms. The van der Waals surface area contributed by atoms with Gasteiger partial charge in [-0.3, -0.25) is 4.79 Å². The molecule has 0 spiro atoms. The van der Waals surface area contributed by atoms with E-state index in [9.17, 15) is 13.2 Å². The van der Waals surface area contributed by atoms with Gasteiger partial charge in [-0.05, 0) is 61.6 Å². The maximum atomic E-state index is 13.0. The summed E-state index contributed by atoms with van der Waals surface area (Å²) in [5, 5.41) is 2.81. The molecular formula is C22H28N2O4S. The molecule has 2 aromatic rings. The van der Waals surface area contributed by atoms with Gasteiger partial charge in [0.15, 0.2) is 0 Å². The third-order valence-corrected chi connectivity index (χ3v) is 6.84. The van der Waals surface area contributed by atoms with Crippen molar-refractivity contribution in [3.05, 3.63) is 54.1 Å². The van der Waals surface area contributed by atoms with Gasteiger partial charge in [0.1, 0.15) is 5.75 Å². The molecule has 3 rings (SSSR count). The number of hydrogen-bond acceptors (Lipinski definition) is 4. The van der Waals surface area contributed by atoms with E-state index in [0.29, 0.717) is 48.5 Å². The van der Waals surface area contributed by atoms with Gasteiger partial charge in [0, 0.05) is 30.4 Å². The summed E-state index contributed by atoms with van der Waals surface area (Å²) in [5.41, 5.74) is 1.01. The smallest absolute Gasteiger partial charge is 0.255 e. The van der Waals surface area contributed by atoms with E-state index in [-0.39, 0.29) is 10.8 Å². The van der Waals surface area contributed by atoms with Crippen LogP contribution in [0.1, 0.15) is 37.6 Å². The van der Waals surface area contributed by atoms with Crippen molar-refractivity contribution < 1.29 is 17.9 Å². The zero-order valence-electron chi connectivity index (χ0n) is 17.1. The highest BCUT2D eigenvalue weighted by atomic mass is 32.2. The monoisotopic (exact) mass is 416 g/mol. The van der Waals surface area contributed by atoms with Crippen LogP contribution < -0.4 is 10.1 Å². The number of benzene rings is 2. The van der Waals surface area contributed by atoms with Crippen LogP contribution in [0.2, 0.25) is 0 Å². The number of nitrogens with zero attached hydrogens (tertiary/aromatic N) is 1.